The normalized spacial score (nSPS) is 10.6. The Morgan fingerprint density at radius 3 is 2.18 bits per heavy atom. The van der Waals surface area contributed by atoms with Gasteiger partial charge in [0.25, 0.3) is 0 Å². The van der Waals surface area contributed by atoms with E-state index in [-0.39, 0.29) is 20.6 Å². The first-order chi connectivity index (χ1) is 8.00. The third-order valence-corrected chi connectivity index (χ3v) is 3.34. The van der Waals surface area contributed by atoms with Crippen molar-refractivity contribution >= 4 is 34.8 Å². The van der Waals surface area contributed by atoms with Gasteiger partial charge in [-0.25, -0.2) is 9.37 Å². The van der Waals surface area contributed by atoms with Gasteiger partial charge in [-0.3, -0.25) is 0 Å². The summed E-state index contributed by atoms with van der Waals surface area (Å²) in [4.78, 5) is 3.19. The van der Waals surface area contributed by atoms with Gasteiger partial charge in [0.15, 0.2) is 5.82 Å². The second kappa shape index (κ2) is 4.77. The van der Waals surface area contributed by atoms with Crippen molar-refractivity contribution in [1.29, 1.82) is 0 Å². The van der Waals surface area contributed by atoms with Crippen LogP contribution in [0.15, 0.2) is 24.4 Å². The summed E-state index contributed by atoms with van der Waals surface area (Å²) in [6.07, 6.45) is 1.16. The summed E-state index contributed by atoms with van der Waals surface area (Å²) >= 11 is 17.4. The molecule has 0 aliphatic rings. The molecule has 1 heterocycles. The van der Waals surface area contributed by atoms with Crippen LogP contribution in [0.3, 0.4) is 0 Å². The molecule has 0 N–H and O–H groups in total. The maximum Gasteiger partial charge on any atom is 0.249 e. The van der Waals surface area contributed by atoms with Gasteiger partial charge in [0.2, 0.25) is 5.95 Å². The van der Waals surface area contributed by atoms with Crippen molar-refractivity contribution in [3.8, 4) is 11.1 Å². The first kappa shape index (κ1) is 12.6. The quantitative estimate of drug-likeness (QED) is 0.533. The van der Waals surface area contributed by atoms with Crippen molar-refractivity contribution in [3.05, 3.63) is 51.2 Å². The Labute approximate surface area is 111 Å². The minimum absolute atomic E-state index is 0.0259. The highest BCUT2D eigenvalue weighted by Crippen LogP contribution is 2.35. The molecule has 0 saturated carbocycles. The molecule has 2 rings (SSSR count). The van der Waals surface area contributed by atoms with E-state index in [4.69, 9.17) is 34.8 Å². The molecule has 17 heavy (non-hydrogen) atoms. The molecule has 0 saturated heterocycles. The standard InChI is InChI=1S/C11H4Cl3F2N/c12-7-3-5(4-8(13)9(7)14)6-1-2-17-11(16)10(6)15/h1-4H. The Hall–Kier alpha value is -0.900. The van der Waals surface area contributed by atoms with Crippen LogP contribution >= 0.6 is 34.8 Å². The van der Waals surface area contributed by atoms with Gasteiger partial charge in [0.1, 0.15) is 0 Å². The molecule has 0 spiro atoms. The zero-order chi connectivity index (χ0) is 12.6. The summed E-state index contributed by atoms with van der Waals surface area (Å²) in [7, 11) is 0. The summed E-state index contributed by atoms with van der Waals surface area (Å²) in [6.45, 7) is 0. The molecule has 0 radical (unpaired) electrons. The van der Waals surface area contributed by atoms with Crippen LogP contribution < -0.4 is 0 Å². The zero-order valence-corrected chi connectivity index (χ0v) is 10.4. The van der Waals surface area contributed by atoms with E-state index in [0.717, 1.165) is 6.20 Å². The molecule has 0 bridgehead atoms. The predicted octanol–water partition coefficient (Wildman–Crippen LogP) is 4.99. The van der Waals surface area contributed by atoms with E-state index in [1.807, 2.05) is 0 Å². The van der Waals surface area contributed by atoms with E-state index in [1.54, 1.807) is 0 Å². The monoisotopic (exact) mass is 293 g/mol. The lowest BCUT2D eigenvalue weighted by Gasteiger charge is -2.06. The lowest BCUT2D eigenvalue weighted by atomic mass is 10.1. The van der Waals surface area contributed by atoms with E-state index < -0.39 is 11.8 Å². The molecule has 0 aliphatic heterocycles. The van der Waals surface area contributed by atoms with Gasteiger partial charge in [-0.05, 0) is 23.8 Å². The molecule has 1 aromatic carbocycles. The minimum atomic E-state index is -1.18. The van der Waals surface area contributed by atoms with Crippen LogP contribution in [0.4, 0.5) is 8.78 Å². The van der Waals surface area contributed by atoms with Crippen molar-refractivity contribution in [1.82, 2.24) is 4.98 Å². The van der Waals surface area contributed by atoms with E-state index in [0.29, 0.717) is 5.56 Å². The van der Waals surface area contributed by atoms with Crippen molar-refractivity contribution in [2.75, 3.05) is 0 Å². The second-order valence-electron chi connectivity index (χ2n) is 3.22. The van der Waals surface area contributed by atoms with Gasteiger partial charge >= 0.3 is 0 Å². The first-order valence-corrected chi connectivity index (χ1v) is 5.59. The molecule has 6 heteroatoms. The molecule has 88 valence electrons. The molecule has 0 atom stereocenters. The molecule has 0 unspecified atom stereocenters. The van der Waals surface area contributed by atoms with Gasteiger partial charge in [-0.15, -0.1) is 0 Å². The number of hydrogen-bond donors (Lipinski definition) is 0. The number of halogens is 5. The van der Waals surface area contributed by atoms with Gasteiger partial charge in [0, 0.05) is 11.8 Å². The number of nitrogens with zero attached hydrogens (tertiary/aromatic N) is 1. The second-order valence-corrected chi connectivity index (χ2v) is 4.41. The van der Waals surface area contributed by atoms with Crippen molar-refractivity contribution in [2.24, 2.45) is 0 Å². The molecule has 0 fully saturated rings. The molecule has 0 amide bonds. The Morgan fingerprint density at radius 1 is 1.00 bits per heavy atom. The SMILES string of the molecule is Fc1nccc(-c2cc(Cl)c(Cl)c(Cl)c2)c1F. The maximum atomic E-state index is 13.5. The van der Waals surface area contributed by atoms with Crippen LogP contribution in [0, 0.1) is 11.8 Å². The summed E-state index contributed by atoms with van der Waals surface area (Å²) < 4.78 is 26.5. The van der Waals surface area contributed by atoms with Gasteiger partial charge in [-0.1, -0.05) is 34.8 Å². The minimum Gasteiger partial charge on any atom is -0.226 e. The van der Waals surface area contributed by atoms with Crippen LogP contribution in [0.1, 0.15) is 0 Å². The topological polar surface area (TPSA) is 12.9 Å². The molecule has 1 nitrogen and oxygen atoms in total. The predicted molar refractivity (Wildman–Crippen MR) is 64.6 cm³/mol. The van der Waals surface area contributed by atoms with Crippen molar-refractivity contribution in [3.63, 3.8) is 0 Å². The smallest absolute Gasteiger partial charge is 0.226 e. The van der Waals surface area contributed by atoms with Crippen LogP contribution in [-0.2, 0) is 0 Å². The fourth-order valence-electron chi connectivity index (χ4n) is 1.35. The van der Waals surface area contributed by atoms with E-state index in [9.17, 15) is 8.78 Å². The van der Waals surface area contributed by atoms with Crippen LogP contribution in [0.5, 0.6) is 0 Å². The first-order valence-electron chi connectivity index (χ1n) is 4.45. The Morgan fingerprint density at radius 2 is 1.59 bits per heavy atom. The van der Waals surface area contributed by atoms with E-state index in [2.05, 4.69) is 4.98 Å². The molecule has 1 aromatic heterocycles. The highest BCUT2D eigenvalue weighted by Gasteiger charge is 2.13. The van der Waals surface area contributed by atoms with E-state index >= 15 is 0 Å². The van der Waals surface area contributed by atoms with E-state index in [1.165, 1.54) is 18.2 Å². The van der Waals surface area contributed by atoms with Gasteiger partial charge < -0.3 is 0 Å². The van der Waals surface area contributed by atoms with Gasteiger partial charge in [-0.2, -0.15) is 4.39 Å². The largest absolute Gasteiger partial charge is 0.249 e. The van der Waals surface area contributed by atoms with Gasteiger partial charge in [0.05, 0.1) is 15.1 Å². The number of pyridine rings is 1. The third kappa shape index (κ3) is 2.37. The summed E-state index contributed by atoms with van der Waals surface area (Å²) in [5, 5.41) is 0.517. The summed E-state index contributed by atoms with van der Waals surface area (Å²) in [6, 6.07) is 4.15. The maximum absolute atomic E-state index is 13.5. The average molecular weight is 295 g/mol. The highest BCUT2D eigenvalue weighted by atomic mass is 35.5. The Balaban J connectivity index is 2.65. The fourth-order valence-corrected chi connectivity index (χ4v) is 1.95. The van der Waals surface area contributed by atoms with Crippen LogP contribution in [0.25, 0.3) is 11.1 Å². The summed E-state index contributed by atoms with van der Waals surface area (Å²) in [5.41, 5.74) is 0.362. The number of aromatic nitrogens is 1. The van der Waals surface area contributed by atoms with Crippen molar-refractivity contribution in [2.45, 2.75) is 0 Å². The van der Waals surface area contributed by atoms with Crippen LogP contribution in [-0.4, -0.2) is 4.98 Å². The third-order valence-electron chi connectivity index (χ3n) is 2.14. The molecule has 2 aromatic rings. The Kier molecular flexibility index (Phi) is 3.52. The molecular formula is C11H4Cl3F2N. The van der Waals surface area contributed by atoms with Crippen LogP contribution in [0.2, 0.25) is 15.1 Å². The fraction of sp³-hybridized carbons (Fsp3) is 0. The number of rotatable bonds is 1. The summed E-state index contributed by atoms with van der Waals surface area (Å²) in [5.74, 6) is -2.23. The zero-order valence-electron chi connectivity index (χ0n) is 8.15. The Bertz CT molecular complexity index is 564. The lowest BCUT2D eigenvalue weighted by molar-refractivity contribution is 0.482. The average Bonchev–Trinajstić information content (AvgIpc) is 2.29. The molecule has 0 aliphatic carbocycles. The molecular weight excluding hydrogens is 290 g/mol. The number of benzene rings is 1. The van der Waals surface area contributed by atoms with Crippen molar-refractivity contribution < 1.29 is 8.78 Å². The number of hydrogen-bond acceptors (Lipinski definition) is 1. The lowest BCUT2D eigenvalue weighted by Crippen LogP contribution is -1.93. The highest BCUT2D eigenvalue weighted by molar-refractivity contribution is 6.48.